The van der Waals surface area contributed by atoms with Gasteiger partial charge in [0.2, 0.25) is 0 Å². The average molecular weight is 326 g/mol. The van der Waals surface area contributed by atoms with E-state index in [1.807, 2.05) is 30.3 Å². The van der Waals surface area contributed by atoms with Gasteiger partial charge in [0, 0.05) is 33.9 Å². The van der Waals surface area contributed by atoms with Crippen molar-refractivity contribution in [2.24, 2.45) is 5.11 Å². The van der Waals surface area contributed by atoms with Crippen molar-refractivity contribution in [3.05, 3.63) is 83.9 Å². The number of aromatic nitrogens is 1. The van der Waals surface area contributed by atoms with Crippen LogP contribution in [-0.4, -0.2) is 10.4 Å². The van der Waals surface area contributed by atoms with Crippen molar-refractivity contribution in [1.29, 1.82) is 10.9 Å². The van der Waals surface area contributed by atoms with Gasteiger partial charge in [0.05, 0.1) is 0 Å². The number of para-hydroxylation sites is 1. The Morgan fingerprint density at radius 2 is 1.56 bits per heavy atom. The highest BCUT2D eigenvalue weighted by Gasteiger charge is 2.12. The van der Waals surface area contributed by atoms with Gasteiger partial charge >= 0.3 is 0 Å². The minimum absolute atomic E-state index is 0.0111. The Labute approximate surface area is 145 Å². The molecule has 0 atom stereocenters. The van der Waals surface area contributed by atoms with Crippen LogP contribution in [0.3, 0.4) is 0 Å². The third-order valence-corrected chi connectivity index (χ3v) is 4.62. The molecule has 0 saturated carbocycles. The van der Waals surface area contributed by atoms with Gasteiger partial charge in [-0.05, 0) is 36.2 Å². The highest BCUT2D eigenvalue weighted by molar-refractivity contribution is 6.11. The molecule has 0 amide bonds. The normalized spacial score (nSPS) is 11.0. The van der Waals surface area contributed by atoms with Crippen molar-refractivity contribution < 1.29 is 0 Å². The van der Waals surface area contributed by atoms with Crippen molar-refractivity contribution in [2.45, 2.75) is 13.0 Å². The second-order valence-electron chi connectivity index (χ2n) is 6.10. The molecule has 0 aliphatic heterocycles. The van der Waals surface area contributed by atoms with E-state index in [4.69, 9.17) is 10.9 Å². The van der Waals surface area contributed by atoms with Gasteiger partial charge in [-0.25, -0.2) is 5.53 Å². The Kier molecular flexibility index (Phi) is 3.86. The van der Waals surface area contributed by atoms with Gasteiger partial charge in [-0.1, -0.05) is 48.5 Å². The molecule has 4 aromatic rings. The Hall–Kier alpha value is -3.27. The lowest BCUT2D eigenvalue weighted by atomic mass is 10.1. The monoisotopic (exact) mass is 326 g/mol. The van der Waals surface area contributed by atoms with E-state index in [1.54, 1.807) is 0 Å². The van der Waals surface area contributed by atoms with Gasteiger partial charge in [-0.15, -0.1) is 5.11 Å². The van der Waals surface area contributed by atoms with Crippen molar-refractivity contribution in [3.8, 4) is 0 Å². The maximum absolute atomic E-state index is 7.80. The second-order valence-corrected chi connectivity index (χ2v) is 6.10. The molecule has 1 aromatic heterocycles. The largest absolute Gasteiger partial charge is 0.340 e. The fraction of sp³-hybridized carbons (Fsp3) is 0.0952. The van der Waals surface area contributed by atoms with Gasteiger partial charge < -0.3 is 4.57 Å². The molecule has 1 heterocycles. The second kappa shape index (κ2) is 6.32. The number of nitrogens with zero attached hydrogens (tertiary/aromatic N) is 2. The summed E-state index contributed by atoms with van der Waals surface area (Å²) in [6, 6.07) is 24.7. The van der Waals surface area contributed by atoms with E-state index in [-0.39, 0.29) is 5.84 Å². The van der Waals surface area contributed by atoms with Crippen LogP contribution in [0.5, 0.6) is 0 Å². The molecule has 122 valence electrons. The topological polar surface area (TPSA) is 65.0 Å². The zero-order chi connectivity index (χ0) is 17.2. The van der Waals surface area contributed by atoms with Crippen molar-refractivity contribution >= 4 is 27.6 Å². The number of rotatable bonds is 4. The number of hydrogen-bond donors (Lipinski definition) is 2. The Balaban J connectivity index is 1.84. The van der Waals surface area contributed by atoms with E-state index < -0.39 is 0 Å². The predicted octanol–water partition coefficient (Wildman–Crippen LogP) is 5.39. The van der Waals surface area contributed by atoms with Crippen LogP contribution in [-0.2, 0) is 13.0 Å². The average Bonchev–Trinajstić information content (AvgIpc) is 2.99. The minimum atomic E-state index is -0.0111. The lowest BCUT2D eigenvalue weighted by molar-refractivity contribution is 0.745. The molecule has 25 heavy (non-hydrogen) atoms. The smallest absolute Gasteiger partial charge is 0.173 e. The van der Waals surface area contributed by atoms with Crippen LogP contribution >= 0.6 is 0 Å². The first-order valence-electron chi connectivity index (χ1n) is 8.29. The first-order chi connectivity index (χ1) is 12.3. The summed E-state index contributed by atoms with van der Waals surface area (Å²) in [6.07, 6.45) is 0.967. The molecule has 0 saturated heterocycles. The van der Waals surface area contributed by atoms with E-state index in [9.17, 15) is 0 Å². The molecule has 0 spiro atoms. The Morgan fingerprint density at radius 3 is 2.36 bits per heavy atom. The maximum atomic E-state index is 7.80. The molecule has 0 unspecified atom stereocenters. The number of aryl methyl sites for hydroxylation is 2. The molecule has 2 N–H and O–H groups in total. The quantitative estimate of drug-likeness (QED) is 0.287. The molecule has 3 aromatic carbocycles. The Morgan fingerprint density at radius 1 is 0.840 bits per heavy atom. The summed E-state index contributed by atoms with van der Waals surface area (Å²) in [5.41, 5.74) is 11.4. The van der Waals surface area contributed by atoms with Crippen molar-refractivity contribution in [3.63, 3.8) is 0 Å². The predicted molar refractivity (Wildman–Crippen MR) is 102 cm³/mol. The van der Waals surface area contributed by atoms with E-state index in [2.05, 4.69) is 52.1 Å². The zero-order valence-corrected chi connectivity index (χ0v) is 13.7. The summed E-state index contributed by atoms with van der Waals surface area (Å²) >= 11 is 0. The number of nitrogens with one attached hydrogen (secondary N) is 2. The molecular weight excluding hydrogens is 308 g/mol. The summed E-state index contributed by atoms with van der Waals surface area (Å²) < 4.78 is 2.34. The van der Waals surface area contributed by atoms with Crippen LogP contribution in [0.1, 0.15) is 11.1 Å². The highest BCUT2D eigenvalue weighted by atomic mass is 15.0. The number of hydrogen-bond acceptors (Lipinski definition) is 2. The molecule has 0 bridgehead atoms. The van der Waals surface area contributed by atoms with E-state index in [1.165, 1.54) is 16.5 Å². The van der Waals surface area contributed by atoms with Crippen LogP contribution < -0.4 is 0 Å². The van der Waals surface area contributed by atoms with Crippen molar-refractivity contribution in [1.82, 2.24) is 4.57 Å². The van der Waals surface area contributed by atoms with Gasteiger partial charge in [0.25, 0.3) is 0 Å². The third kappa shape index (κ3) is 2.72. The standard InChI is InChI=1S/C21H18N4/c22-21(24-23)16-10-11-20-18(14-16)17-8-4-5-9-19(17)25(20)13-12-15-6-2-1-3-7-15/h1-11,14,22-23H,12-13H2. The summed E-state index contributed by atoms with van der Waals surface area (Å²) in [7, 11) is 0. The van der Waals surface area contributed by atoms with Crippen LogP contribution in [0, 0.1) is 10.9 Å². The molecular formula is C21H18N4. The molecule has 0 fully saturated rings. The van der Waals surface area contributed by atoms with Crippen LogP contribution in [0.15, 0.2) is 77.9 Å². The van der Waals surface area contributed by atoms with Gasteiger partial charge in [-0.2, -0.15) is 0 Å². The van der Waals surface area contributed by atoms with E-state index >= 15 is 0 Å². The van der Waals surface area contributed by atoms with Gasteiger partial charge in [-0.3, -0.25) is 5.41 Å². The van der Waals surface area contributed by atoms with E-state index in [0.29, 0.717) is 5.56 Å². The summed E-state index contributed by atoms with van der Waals surface area (Å²) in [5, 5.41) is 13.3. The zero-order valence-electron chi connectivity index (χ0n) is 13.7. The number of benzene rings is 3. The highest BCUT2D eigenvalue weighted by Crippen LogP contribution is 2.30. The lowest BCUT2D eigenvalue weighted by Gasteiger charge is -2.08. The first kappa shape index (κ1) is 15.3. The van der Waals surface area contributed by atoms with E-state index in [0.717, 1.165) is 23.9 Å². The molecule has 0 aliphatic rings. The number of fused-ring (bicyclic) bond motifs is 3. The summed E-state index contributed by atoms with van der Waals surface area (Å²) in [4.78, 5) is 0. The molecule has 4 nitrogen and oxygen atoms in total. The Bertz CT molecular complexity index is 1080. The third-order valence-electron chi connectivity index (χ3n) is 4.62. The minimum Gasteiger partial charge on any atom is -0.340 e. The number of amidine groups is 1. The van der Waals surface area contributed by atoms with Gasteiger partial charge in [0.1, 0.15) is 0 Å². The van der Waals surface area contributed by atoms with Crippen LogP contribution in [0.4, 0.5) is 0 Å². The maximum Gasteiger partial charge on any atom is 0.173 e. The summed E-state index contributed by atoms with van der Waals surface area (Å²) in [5.74, 6) is -0.0111. The van der Waals surface area contributed by atoms with Crippen LogP contribution in [0.2, 0.25) is 0 Å². The molecule has 0 aliphatic carbocycles. The molecule has 4 heteroatoms. The van der Waals surface area contributed by atoms with Crippen LogP contribution in [0.25, 0.3) is 21.8 Å². The fourth-order valence-electron chi connectivity index (χ4n) is 3.39. The summed E-state index contributed by atoms with van der Waals surface area (Å²) in [6.45, 7) is 0.896. The van der Waals surface area contributed by atoms with Gasteiger partial charge in [0.15, 0.2) is 5.84 Å². The SMILES string of the molecule is N=NC(=N)c1ccc2c(c1)c1ccccc1n2CCc1ccccc1. The lowest BCUT2D eigenvalue weighted by Crippen LogP contribution is -2.01. The first-order valence-corrected chi connectivity index (χ1v) is 8.29. The molecule has 4 rings (SSSR count). The fourth-order valence-corrected chi connectivity index (χ4v) is 3.39. The van der Waals surface area contributed by atoms with Crippen molar-refractivity contribution in [2.75, 3.05) is 0 Å². The molecule has 0 radical (unpaired) electrons.